The van der Waals surface area contributed by atoms with Crippen LogP contribution in [-0.4, -0.2) is 24.5 Å². The number of aryl methyl sites for hydroxylation is 2. The van der Waals surface area contributed by atoms with Crippen LogP contribution in [0.15, 0.2) is 42.5 Å². The maximum Gasteiger partial charge on any atom is 0.338 e. The van der Waals surface area contributed by atoms with E-state index in [0.717, 1.165) is 17.2 Å². The minimum atomic E-state index is -0.857. The van der Waals surface area contributed by atoms with Crippen molar-refractivity contribution in [3.8, 4) is 0 Å². The number of halogens is 1. The van der Waals surface area contributed by atoms with E-state index in [1.165, 1.54) is 18.2 Å². The number of ether oxygens (including phenoxy) is 1. The van der Waals surface area contributed by atoms with Gasteiger partial charge in [-0.3, -0.25) is 10.1 Å². The van der Waals surface area contributed by atoms with Gasteiger partial charge >= 0.3 is 12.0 Å². The second-order valence-electron chi connectivity index (χ2n) is 5.41. The van der Waals surface area contributed by atoms with Gasteiger partial charge in [0.1, 0.15) is 5.82 Å². The van der Waals surface area contributed by atoms with E-state index >= 15 is 0 Å². The summed E-state index contributed by atoms with van der Waals surface area (Å²) in [5, 5.41) is 4.58. The van der Waals surface area contributed by atoms with Gasteiger partial charge in [0.25, 0.3) is 5.91 Å². The highest BCUT2D eigenvalue weighted by molar-refractivity contribution is 6.02. The molecule has 2 aromatic rings. The molecule has 0 unspecified atom stereocenters. The predicted molar refractivity (Wildman–Crippen MR) is 89.8 cm³/mol. The number of amides is 3. The average molecular weight is 344 g/mol. The summed E-state index contributed by atoms with van der Waals surface area (Å²) in [6, 6.07) is 9.58. The Hall–Kier alpha value is -3.22. The van der Waals surface area contributed by atoms with Crippen LogP contribution < -0.4 is 10.6 Å². The molecule has 25 heavy (non-hydrogen) atoms. The second kappa shape index (κ2) is 8.05. The fraction of sp³-hybridized carbons (Fsp3) is 0.167. The number of hydrogen-bond donors (Lipinski definition) is 2. The number of esters is 1. The molecule has 0 spiro atoms. The number of hydrogen-bond acceptors (Lipinski definition) is 4. The van der Waals surface area contributed by atoms with E-state index in [1.807, 2.05) is 31.3 Å². The SMILES string of the molecule is Cc1ccc(NC(=O)NC(=O)COC(=O)c2cccc(F)c2)c(C)c1. The Bertz CT molecular complexity index is 820. The highest BCUT2D eigenvalue weighted by Crippen LogP contribution is 2.15. The summed E-state index contributed by atoms with van der Waals surface area (Å²) in [6.07, 6.45) is 0. The zero-order valence-electron chi connectivity index (χ0n) is 13.8. The first-order valence-electron chi connectivity index (χ1n) is 7.46. The van der Waals surface area contributed by atoms with Crippen LogP contribution in [0.1, 0.15) is 21.5 Å². The molecule has 2 N–H and O–H groups in total. The van der Waals surface area contributed by atoms with Gasteiger partial charge in [-0.15, -0.1) is 0 Å². The first-order valence-corrected chi connectivity index (χ1v) is 7.46. The fourth-order valence-corrected chi connectivity index (χ4v) is 2.10. The summed E-state index contributed by atoms with van der Waals surface area (Å²) >= 11 is 0. The number of nitrogens with one attached hydrogen (secondary N) is 2. The fourth-order valence-electron chi connectivity index (χ4n) is 2.10. The summed E-state index contributed by atoms with van der Waals surface area (Å²) in [4.78, 5) is 35.1. The average Bonchev–Trinajstić information content (AvgIpc) is 2.55. The molecule has 0 bridgehead atoms. The molecule has 0 aliphatic heterocycles. The first-order chi connectivity index (χ1) is 11.8. The van der Waals surface area contributed by atoms with E-state index in [1.54, 1.807) is 6.07 Å². The summed E-state index contributed by atoms with van der Waals surface area (Å²) in [5.74, 6) is -2.25. The van der Waals surface area contributed by atoms with E-state index < -0.39 is 30.3 Å². The lowest BCUT2D eigenvalue weighted by Gasteiger charge is -2.10. The summed E-state index contributed by atoms with van der Waals surface area (Å²) < 4.78 is 17.8. The van der Waals surface area contributed by atoms with Crippen molar-refractivity contribution in [3.63, 3.8) is 0 Å². The molecule has 2 rings (SSSR count). The molecular weight excluding hydrogens is 327 g/mol. The molecule has 0 aromatic heterocycles. The van der Waals surface area contributed by atoms with E-state index in [9.17, 15) is 18.8 Å². The molecule has 0 fully saturated rings. The van der Waals surface area contributed by atoms with Crippen molar-refractivity contribution in [1.82, 2.24) is 5.32 Å². The van der Waals surface area contributed by atoms with Crippen molar-refractivity contribution in [1.29, 1.82) is 0 Å². The highest BCUT2D eigenvalue weighted by Gasteiger charge is 2.13. The van der Waals surface area contributed by atoms with Gasteiger partial charge in [-0.05, 0) is 43.7 Å². The van der Waals surface area contributed by atoms with Gasteiger partial charge in [-0.1, -0.05) is 23.8 Å². The number of urea groups is 1. The van der Waals surface area contributed by atoms with Crippen LogP contribution in [0.25, 0.3) is 0 Å². The molecule has 130 valence electrons. The monoisotopic (exact) mass is 344 g/mol. The van der Waals surface area contributed by atoms with Crippen LogP contribution in [0.2, 0.25) is 0 Å². The Morgan fingerprint density at radius 3 is 2.52 bits per heavy atom. The van der Waals surface area contributed by atoms with Gasteiger partial charge in [0, 0.05) is 5.69 Å². The molecule has 3 amide bonds. The third-order valence-electron chi connectivity index (χ3n) is 3.28. The normalized spacial score (nSPS) is 10.0. The lowest BCUT2D eigenvalue weighted by molar-refractivity contribution is -0.123. The topological polar surface area (TPSA) is 84.5 Å². The van der Waals surface area contributed by atoms with Gasteiger partial charge in [0.05, 0.1) is 5.56 Å². The molecule has 0 radical (unpaired) electrons. The van der Waals surface area contributed by atoms with Crippen LogP contribution in [0.3, 0.4) is 0 Å². The number of imide groups is 1. The van der Waals surface area contributed by atoms with Crippen molar-refractivity contribution in [2.24, 2.45) is 0 Å². The molecule has 2 aromatic carbocycles. The zero-order valence-corrected chi connectivity index (χ0v) is 13.8. The van der Waals surface area contributed by atoms with E-state index in [-0.39, 0.29) is 5.56 Å². The minimum absolute atomic E-state index is 0.0208. The van der Waals surface area contributed by atoms with Crippen LogP contribution in [-0.2, 0) is 9.53 Å². The number of benzene rings is 2. The van der Waals surface area contributed by atoms with Crippen LogP contribution in [0.4, 0.5) is 14.9 Å². The van der Waals surface area contributed by atoms with Crippen molar-refractivity contribution in [2.75, 3.05) is 11.9 Å². The van der Waals surface area contributed by atoms with E-state index in [0.29, 0.717) is 5.69 Å². The number of carbonyl (C=O) groups excluding carboxylic acids is 3. The molecule has 7 heteroatoms. The Morgan fingerprint density at radius 2 is 1.84 bits per heavy atom. The lowest BCUT2D eigenvalue weighted by atomic mass is 10.1. The number of anilines is 1. The Balaban J connectivity index is 1.83. The Kier molecular flexibility index (Phi) is 5.84. The van der Waals surface area contributed by atoms with Gasteiger partial charge in [-0.25, -0.2) is 14.0 Å². The smallest absolute Gasteiger partial charge is 0.338 e. The number of carbonyl (C=O) groups is 3. The minimum Gasteiger partial charge on any atom is -0.452 e. The van der Waals surface area contributed by atoms with Gasteiger partial charge in [-0.2, -0.15) is 0 Å². The number of rotatable bonds is 4. The third-order valence-corrected chi connectivity index (χ3v) is 3.28. The maximum absolute atomic E-state index is 13.0. The molecule has 0 atom stereocenters. The third kappa shape index (κ3) is 5.42. The summed E-state index contributed by atoms with van der Waals surface area (Å²) in [5.41, 5.74) is 2.43. The van der Waals surface area contributed by atoms with Gasteiger partial charge in [0.2, 0.25) is 0 Å². The lowest BCUT2D eigenvalue weighted by Crippen LogP contribution is -2.37. The Morgan fingerprint density at radius 1 is 1.08 bits per heavy atom. The van der Waals surface area contributed by atoms with Crippen LogP contribution in [0.5, 0.6) is 0 Å². The van der Waals surface area contributed by atoms with Crippen molar-refractivity contribution in [2.45, 2.75) is 13.8 Å². The predicted octanol–water partition coefficient (Wildman–Crippen LogP) is 2.95. The molecule has 0 aliphatic rings. The maximum atomic E-state index is 13.0. The molecular formula is C18H17FN2O4. The Labute approximate surface area is 144 Å². The molecule has 0 saturated carbocycles. The molecule has 0 aliphatic carbocycles. The van der Waals surface area contributed by atoms with Gasteiger partial charge in [0.15, 0.2) is 6.61 Å². The van der Waals surface area contributed by atoms with Crippen molar-refractivity contribution >= 4 is 23.6 Å². The molecule has 0 heterocycles. The quantitative estimate of drug-likeness (QED) is 0.835. The van der Waals surface area contributed by atoms with Crippen molar-refractivity contribution in [3.05, 3.63) is 65.0 Å². The molecule has 6 nitrogen and oxygen atoms in total. The second-order valence-corrected chi connectivity index (χ2v) is 5.41. The van der Waals surface area contributed by atoms with E-state index in [2.05, 4.69) is 5.32 Å². The van der Waals surface area contributed by atoms with Crippen LogP contribution >= 0.6 is 0 Å². The van der Waals surface area contributed by atoms with E-state index in [4.69, 9.17) is 4.74 Å². The highest BCUT2D eigenvalue weighted by atomic mass is 19.1. The zero-order chi connectivity index (χ0) is 18.4. The summed E-state index contributed by atoms with van der Waals surface area (Å²) in [6.45, 7) is 3.09. The first kappa shape index (κ1) is 18.1. The standard InChI is InChI=1S/C18H17FN2O4/c1-11-6-7-15(12(2)8-11)20-18(24)21-16(22)10-25-17(23)13-4-3-5-14(19)9-13/h3-9H,10H2,1-2H3,(H2,20,21,22,24). The van der Waals surface area contributed by atoms with Crippen LogP contribution in [0, 0.1) is 19.7 Å². The summed E-state index contributed by atoms with van der Waals surface area (Å²) in [7, 11) is 0. The largest absolute Gasteiger partial charge is 0.452 e. The van der Waals surface area contributed by atoms with Crippen molar-refractivity contribution < 1.29 is 23.5 Å². The molecule has 0 saturated heterocycles. The van der Waals surface area contributed by atoms with Gasteiger partial charge < -0.3 is 10.1 Å².